The Morgan fingerprint density at radius 1 is 1.41 bits per heavy atom. The van der Waals surface area contributed by atoms with Crippen molar-refractivity contribution < 1.29 is 9.53 Å². The fourth-order valence-corrected chi connectivity index (χ4v) is 5.66. The average molecular weight is 370 g/mol. The zero-order chi connectivity index (χ0) is 18.6. The molecule has 4 atom stereocenters. The second kappa shape index (κ2) is 6.43. The number of aromatic nitrogens is 2. The Kier molecular flexibility index (Phi) is 4.15. The van der Waals surface area contributed by atoms with E-state index in [1.54, 1.807) is 0 Å². The number of anilines is 1. The molecule has 1 N–H and O–H groups in total. The Morgan fingerprint density at radius 2 is 2.26 bits per heavy atom. The van der Waals surface area contributed by atoms with Gasteiger partial charge in [-0.1, -0.05) is 13.3 Å². The van der Waals surface area contributed by atoms with Crippen LogP contribution < -0.4 is 10.2 Å². The Bertz CT molecular complexity index is 750. The van der Waals surface area contributed by atoms with Gasteiger partial charge in [-0.2, -0.15) is 0 Å². The van der Waals surface area contributed by atoms with Gasteiger partial charge in [-0.25, -0.2) is 9.97 Å². The number of carbonyl (C=O) groups is 1. The molecule has 1 aromatic rings. The molecule has 4 fully saturated rings. The van der Waals surface area contributed by atoms with E-state index in [1.165, 1.54) is 12.0 Å². The maximum atomic E-state index is 12.3. The normalized spacial score (nSPS) is 34.6. The maximum Gasteiger partial charge on any atom is 0.223 e. The van der Waals surface area contributed by atoms with E-state index in [0.29, 0.717) is 17.9 Å². The van der Waals surface area contributed by atoms with Gasteiger partial charge in [-0.3, -0.25) is 4.79 Å². The molecule has 4 heterocycles. The van der Waals surface area contributed by atoms with E-state index < -0.39 is 0 Å². The number of carbonyl (C=O) groups excluding carboxylic acids is 1. The van der Waals surface area contributed by atoms with Crippen LogP contribution in [0.25, 0.3) is 0 Å². The van der Waals surface area contributed by atoms with Crippen LogP contribution in [0.2, 0.25) is 0 Å². The van der Waals surface area contributed by atoms with Gasteiger partial charge in [0, 0.05) is 49.1 Å². The summed E-state index contributed by atoms with van der Waals surface area (Å²) in [5.41, 5.74) is 1.17. The topological polar surface area (TPSA) is 67.4 Å². The number of hydrogen-bond donors (Lipinski definition) is 1. The van der Waals surface area contributed by atoms with Crippen LogP contribution >= 0.6 is 0 Å². The molecule has 0 unspecified atom stereocenters. The highest BCUT2D eigenvalue weighted by atomic mass is 16.5. The van der Waals surface area contributed by atoms with Gasteiger partial charge >= 0.3 is 0 Å². The largest absolute Gasteiger partial charge is 0.369 e. The fraction of sp³-hybridized carbons (Fsp3) is 0.762. The van der Waals surface area contributed by atoms with E-state index in [4.69, 9.17) is 9.72 Å². The summed E-state index contributed by atoms with van der Waals surface area (Å²) >= 11 is 0. The molecule has 2 bridgehead atoms. The van der Waals surface area contributed by atoms with E-state index in [2.05, 4.69) is 22.1 Å². The molecule has 1 aliphatic carbocycles. The van der Waals surface area contributed by atoms with Crippen molar-refractivity contribution in [1.29, 1.82) is 0 Å². The van der Waals surface area contributed by atoms with Crippen LogP contribution in [0.15, 0.2) is 6.20 Å². The summed E-state index contributed by atoms with van der Waals surface area (Å²) in [7, 11) is 0. The lowest BCUT2D eigenvalue weighted by Crippen LogP contribution is -2.44. The van der Waals surface area contributed by atoms with Crippen LogP contribution in [0.5, 0.6) is 0 Å². The van der Waals surface area contributed by atoms with Crippen LogP contribution in [0, 0.1) is 24.7 Å². The molecule has 1 aromatic heterocycles. The molecule has 1 spiro atoms. The predicted octanol–water partition coefficient (Wildman–Crippen LogP) is 2.25. The van der Waals surface area contributed by atoms with Gasteiger partial charge in [0.05, 0.1) is 11.7 Å². The first-order chi connectivity index (χ1) is 13.1. The van der Waals surface area contributed by atoms with Gasteiger partial charge < -0.3 is 15.0 Å². The van der Waals surface area contributed by atoms with Crippen molar-refractivity contribution in [2.75, 3.05) is 24.5 Å². The molecule has 6 nitrogen and oxygen atoms in total. The van der Waals surface area contributed by atoms with Crippen LogP contribution in [-0.4, -0.2) is 47.2 Å². The summed E-state index contributed by atoms with van der Waals surface area (Å²) in [6.07, 6.45) is 8.80. The van der Waals surface area contributed by atoms with Crippen molar-refractivity contribution in [1.82, 2.24) is 15.3 Å². The summed E-state index contributed by atoms with van der Waals surface area (Å²) < 4.78 is 6.55. The van der Waals surface area contributed by atoms with Crippen LogP contribution in [0.3, 0.4) is 0 Å². The highest BCUT2D eigenvalue weighted by molar-refractivity contribution is 5.79. The molecular formula is C21H30N4O2. The molecule has 4 aliphatic rings. The monoisotopic (exact) mass is 370 g/mol. The number of amides is 1. The van der Waals surface area contributed by atoms with Crippen LogP contribution in [-0.2, 0) is 16.0 Å². The molecule has 6 heteroatoms. The first-order valence-electron chi connectivity index (χ1n) is 10.6. The molecule has 0 radical (unpaired) electrons. The molecular weight excluding hydrogens is 340 g/mol. The zero-order valence-corrected chi connectivity index (χ0v) is 16.4. The quantitative estimate of drug-likeness (QED) is 0.861. The number of rotatable bonds is 5. The summed E-state index contributed by atoms with van der Waals surface area (Å²) in [4.78, 5) is 23.9. The zero-order valence-electron chi connectivity index (χ0n) is 16.4. The van der Waals surface area contributed by atoms with E-state index >= 15 is 0 Å². The predicted molar refractivity (Wildman–Crippen MR) is 103 cm³/mol. The molecule has 0 aromatic carbocycles. The minimum absolute atomic E-state index is 0.0413. The molecule has 27 heavy (non-hydrogen) atoms. The van der Waals surface area contributed by atoms with E-state index in [-0.39, 0.29) is 17.4 Å². The van der Waals surface area contributed by atoms with Gasteiger partial charge in [0.1, 0.15) is 11.6 Å². The SMILES string of the molecule is CCc1cnc(C)nc1N1C[C@@H]2[C@H](CNC(=O)C3CCC3)[C@H]3CC[C@]2(C1)O3. The maximum absolute atomic E-state index is 12.3. The molecule has 146 valence electrons. The molecule has 3 saturated heterocycles. The third-order valence-electron chi connectivity index (χ3n) is 7.41. The fourth-order valence-electron chi connectivity index (χ4n) is 5.66. The van der Waals surface area contributed by atoms with E-state index in [1.807, 2.05) is 13.1 Å². The third kappa shape index (κ3) is 2.75. The van der Waals surface area contributed by atoms with Gasteiger partial charge in [-0.15, -0.1) is 0 Å². The standard InChI is InChI=1S/C21H30N4O2/c1-3-14-9-22-13(2)24-19(14)25-11-17-16(10-23-20(26)15-5-4-6-15)18-7-8-21(17,12-25)27-18/h9,15-18H,3-8,10-12H2,1-2H3,(H,23,26)/t16-,17+,18+,21+/m0/s1. The van der Waals surface area contributed by atoms with Crippen molar-refractivity contribution in [3.63, 3.8) is 0 Å². The van der Waals surface area contributed by atoms with Gasteiger partial charge in [-0.05, 0) is 39.0 Å². The lowest BCUT2D eigenvalue weighted by molar-refractivity contribution is -0.127. The van der Waals surface area contributed by atoms with Crippen molar-refractivity contribution in [3.05, 3.63) is 17.6 Å². The summed E-state index contributed by atoms with van der Waals surface area (Å²) in [5.74, 6) is 3.34. The number of nitrogens with zero attached hydrogens (tertiary/aromatic N) is 3. The van der Waals surface area contributed by atoms with Crippen molar-refractivity contribution in [2.45, 2.75) is 64.1 Å². The van der Waals surface area contributed by atoms with Crippen molar-refractivity contribution >= 4 is 11.7 Å². The van der Waals surface area contributed by atoms with Crippen LogP contribution in [0.1, 0.15) is 50.4 Å². The van der Waals surface area contributed by atoms with Gasteiger partial charge in [0.2, 0.25) is 5.91 Å². The highest BCUT2D eigenvalue weighted by Crippen LogP contribution is 2.55. The molecule has 5 rings (SSSR count). The number of fused-ring (bicyclic) bond motifs is 1. The molecule has 3 aliphatic heterocycles. The minimum atomic E-state index is -0.0413. The highest BCUT2D eigenvalue weighted by Gasteiger charge is 2.63. The summed E-state index contributed by atoms with van der Waals surface area (Å²) in [6, 6.07) is 0. The smallest absolute Gasteiger partial charge is 0.223 e. The number of ether oxygens (including phenoxy) is 1. The van der Waals surface area contributed by atoms with Crippen molar-refractivity contribution in [2.24, 2.45) is 17.8 Å². The van der Waals surface area contributed by atoms with Gasteiger partial charge in [0.25, 0.3) is 0 Å². The van der Waals surface area contributed by atoms with Crippen molar-refractivity contribution in [3.8, 4) is 0 Å². The first kappa shape index (κ1) is 17.4. The average Bonchev–Trinajstić information content (AvgIpc) is 3.26. The minimum Gasteiger partial charge on any atom is -0.369 e. The second-order valence-corrected chi connectivity index (χ2v) is 8.90. The Hall–Kier alpha value is -1.69. The van der Waals surface area contributed by atoms with Gasteiger partial charge in [0.15, 0.2) is 0 Å². The van der Waals surface area contributed by atoms with E-state index in [9.17, 15) is 4.79 Å². The summed E-state index contributed by atoms with van der Waals surface area (Å²) in [6.45, 7) is 6.78. The lowest BCUT2D eigenvalue weighted by Gasteiger charge is -2.30. The Morgan fingerprint density at radius 3 is 3.00 bits per heavy atom. The Labute approximate surface area is 161 Å². The number of hydrogen-bond acceptors (Lipinski definition) is 5. The molecule has 1 saturated carbocycles. The summed E-state index contributed by atoms with van der Waals surface area (Å²) in [5, 5.41) is 3.24. The number of nitrogens with one attached hydrogen (secondary N) is 1. The number of aryl methyl sites for hydroxylation is 2. The lowest BCUT2D eigenvalue weighted by atomic mass is 9.73. The second-order valence-electron chi connectivity index (χ2n) is 8.90. The Balaban J connectivity index is 1.33. The third-order valence-corrected chi connectivity index (χ3v) is 7.41. The first-order valence-corrected chi connectivity index (χ1v) is 10.6. The van der Waals surface area contributed by atoms with E-state index in [0.717, 1.165) is 63.4 Å². The molecule has 1 amide bonds. The van der Waals surface area contributed by atoms with Crippen LogP contribution in [0.4, 0.5) is 5.82 Å².